The highest BCUT2D eigenvalue weighted by molar-refractivity contribution is 7.98. The van der Waals surface area contributed by atoms with Crippen LogP contribution in [0.1, 0.15) is 35.2 Å². The Morgan fingerprint density at radius 2 is 1.76 bits per heavy atom. The van der Waals surface area contributed by atoms with Crippen LogP contribution in [0.3, 0.4) is 0 Å². The van der Waals surface area contributed by atoms with Gasteiger partial charge in [0, 0.05) is 33.3 Å². The summed E-state index contributed by atoms with van der Waals surface area (Å²) in [6, 6.07) is 12.9. The summed E-state index contributed by atoms with van der Waals surface area (Å²) >= 11 is 13.8. The van der Waals surface area contributed by atoms with E-state index in [2.05, 4.69) is 0 Å². The molecule has 1 saturated carbocycles. The first-order valence-electron chi connectivity index (χ1n) is 9.52. The van der Waals surface area contributed by atoms with Crippen LogP contribution < -0.4 is 0 Å². The number of nitrogens with zero attached hydrogens (tertiary/aromatic N) is 1. The van der Waals surface area contributed by atoms with Crippen molar-refractivity contribution in [2.75, 3.05) is 11.5 Å². The van der Waals surface area contributed by atoms with Gasteiger partial charge < -0.3 is 4.90 Å². The summed E-state index contributed by atoms with van der Waals surface area (Å²) in [5.41, 5.74) is 1.68. The van der Waals surface area contributed by atoms with Crippen LogP contribution in [0.25, 0.3) is 0 Å². The van der Waals surface area contributed by atoms with Gasteiger partial charge in [0.05, 0.1) is 16.5 Å². The third-order valence-corrected chi connectivity index (χ3v) is 8.82. The summed E-state index contributed by atoms with van der Waals surface area (Å²) in [5, 5.41) is 1.31. The summed E-state index contributed by atoms with van der Waals surface area (Å²) in [7, 11) is -3.03. The van der Waals surface area contributed by atoms with Gasteiger partial charge in [-0.15, -0.1) is 11.8 Å². The topological polar surface area (TPSA) is 54.5 Å². The maximum absolute atomic E-state index is 13.1. The predicted molar refractivity (Wildman–Crippen MR) is 119 cm³/mol. The minimum atomic E-state index is -3.03. The molecule has 1 aliphatic carbocycles. The molecule has 0 radical (unpaired) electrons. The molecule has 1 aliphatic heterocycles. The molecule has 1 saturated heterocycles. The quantitative estimate of drug-likeness (QED) is 0.553. The van der Waals surface area contributed by atoms with Gasteiger partial charge in [0.1, 0.15) is 0 Å². The van der Waals surface area contributed by atoms with Gasteiger partial charge in [-0.2, -0.15) is 0 Å². The molecule has 1 atom stereocenters. The second-order valence-electron chi connectivity index (χ2n) is 7.56. The van der Waals surface area contributed by atoms with Gasteiger partial charge in [-0.3, -0.25) is 4.79 Å². The van der Waals surface area contributed by atoms with E-state index >= 15 is 0 Å². The number of benzene rings is 2. The normalized spacial score (nSPS) is 20.6. The lowest BCUT2D eigenvalue weighted by Crippen LogP contribution is -2.42. The SMILES string of the molecule is O=C(c1ccc(CSc2cc(Cl)ccc2Cl)cc1)N(C1CC1)C1CCS(=O)(=O)C1. The van der Waals surface area contributed by atoms with Crippen LogP contribution in [-0.2, 0) is 15.6 Å². The number of rotatable bonds is 6. The summed E-state index contributed by atoms with van der Waals surface area (Å²) < 4.78 is 23.7. The number of sulfone groups is 1. The van der Waals surface area contributed by atoms with Crippen molar-refractivity contribution < 1.29 is 13.2 Å². The van der Waals surface area contributed by atoms with Crippen molar-refractivity contribution in [2.45, 2.75) is 42.0 Å². The van der Waals surface area contributed by atoms with Crippen LogP contribution in [0.4, 0.5) is 0 Å². The Kier molecular flexibility index (Phi) is 6.17. The van der Waals surface area contributed by atoms with E-state index < -0.39 is 9.84 Å². The van der Waals surface area contributed by atoms with E-state index in [9.17, 15) is 13.2 Å². The highest BCUT2D eigenvalue weighted by atomic mass is 35.5. The molecule has 2 aliphatic rings. The highest BCUT2D eigenvalue weighted by Crippen LogP contribution is 2.34. The standard InChI is InChI=1S/C21H21Cl2NO3S2/c22-16-5-8-19(23)20(11-16)28-12-14-1-3-15(4-2-14)21(25)24(17-6-7-17)18-9-10-29(26,27)13-18/h1-5,8,11,17-18H,6-7,9-10,12-13H2. The predicted octanol–water partition coefficient (Wildman–Crippen LogP) is 5.08. The van der Waals surface area contributed by atoms with Crippen LogP contribution >= 0.6 is 35.0 Å². The molecule has 1 unspecified atom stereocenters. The fourth-order valence-electron chi connectivity index (χ4n) is 3.62. The zero-order chi connectivity index (χ0) is 20.6. The Labute approximate surface area is 185 Å². The molecule has 1 amide bonds. The van der Waals surface area contributed by atoms with E-state index in [0.717, 1.165) is 23.3 Å². The maximum atomic E-state index is 13.1. The molecule has 2 aromatic carbocycles. The van der Waals surface area contributed by atoms with Gasteiger partial charge in [-0.05, 0) is 55.2 Å². The fraction of sp³-hybridized carbons (Fsp3) is 0.381. The molecule has 2 aromatic rings. The first kappa shape index (κ1) is 21.0. The summed E-state index contributed by atoms with van der Waals surface area (Å²) in [6.07, 6.45) is 2.45. The van der Waals surface area contributed by atoms with Crippen molar-refractivity contribution in [1.29, 1.82) is 0 Å². The molecule has 4 rings (SSSR count). The maximum Gasteiger partial charge on any atom is 0.254 e. The highest BCUT2D eigenvalue weighted by Gasteiger charge is 2.42. The number of carbonyl (C=O) groups excluding carboxylic acids is 1. The first-order valence-corrected chi connectivity index (χ1v) is 13.1. The van der Waals surface area contributed by atoms with Gasteiger partial charge in [-0.25, -0.2) is 8.42 Å². The molecular weight excluding hydrogens is 449 g/mol. The van der Waals surface area contributed by atoms with Crippen LogP contribution in [0.15, 0.2) is 47.4 Å². The molecule has 8 heteroatoms. The second-order valence-corrected chi connectivity index (χ2v) is 11.7. The number of hydrogen-bond acceptors (Lipinski definition) is 4. The van der Waals surface area contributed by atoms with Gasteiger partial charge in [-0.1, -0.05) is 35.3 Å². The Morgan fingerprint density at radius 3 is 2.38 bits per heavy atom. The third-order valence-electron chi connectivity index (χ3n) is 5.27. The smallest absolute Gasteiger partial charge is 0.254 e. The first-order chi connectivity index (χ1) is 13.8. The minimum absolute atomic E-state index is 0.0633. The molecule has 0 bridgehead atoms. The molecular formula is C21H21Cl2NO3S2. The summed E-state index contributed by atoms with van der Waals surface area (Å²) in [5.74, 6) is 0.911. The van der Waals surface area contributed by atoms with Gasteiger partial charge in [0.2, 0.25) is 0 Å². The van der Waals surface area contributed by atoms with Crippen LogP contribution in [0.5, 0.6) is 0 Å². The number of thioether (sulfide) groups is 1. The Balaban J connectivity index is 1.44. The van der Waals surface area contributed by atoms with E-state index in [1.165, 1.54) is 0 Å². The fourth-order valence-corrected chi connectivity index (χ4v) is 6.78. The Hall–Kier alpha value is -1.21. The van der Waals surface area contributed by atoms with Crippen molar-refractivity contribution in [1.82, 2.24) is 4.90 Å². The monoisotopic (exact) mass is 469 g/mol. The van der Waals surface area contributed by atoms with E-state index in [-0.39, 0.29) is 29.5 Å². The van der Waals surface area contributed by atoms with Gasteiger partial charge in [0.15, 0.2) is 9.84 Å². The zero-order valence-electron chi connectivity index (χ0n) is 15.7. The Morgan fingerprint density at radius 1 is 1.03 bits per heavy atom. The van der Waals surface area contributed by atoms with Crippen LogP contribution in [-0.4, -0.2) is 42.8 Å². The molecule has 0 spiro atoms. The molecule has 4 nitrogen and oxygen atoms in total. The average molecular weight is 470 g/mol. The van der Waals surface area contributed by atoms with E-state index in [0.29, 0.717) is 27.8 Å². The van der Waals surface area contributed by atoms with E-state index in [1.54, 1.807) is 23.9 Å². The summed E-state index contributed by atoms with van der Waals surface area (Å²) in [4.78, 5) is 15.8. The molecule has 0 N–H and O–H groups in total. The lowest BCUT2D eigenvalue weighted by atomic mass is 10.1. The van der Waals surface area contributed by atoms with Gasteiger partial charge >= 0.3 is 0 Å². The van der Waals surface area contributed by atoms with Crippen LogP contribution in [0.2, 0.25) is 10.0 Å². The lowest BCUT2D eigenvalue weighted by molar-refractivity contribution is 0.0681. The number of carbonyl (C=O) groups is 1. The number of halogens is 2. The zero-order valence-corrected chi connectivity index (χ0v) is 18.8. The molecule has 29 heavy (non-hydrogen) atoms. The third kappa shape index (κ3) is 5.10. The largest absolute Gasteiger partial charge is 0.332 e. The van der Waals surface area contributed by atoms with E-state index in [4.69, 9.17) is 23.2 Å². The second kappa shape index (κ2) is 8.50. The van der Waals surface area contributed by atoms with Crippen LogP contribution in [0, 0.1) is 0 Å². The molecule has 1 heterocycles. The van der Waals surface area contributed by atoms with Crippen molar-refractivity contribution in [3.63, 3.8) is 0 Å². The van der Waals surface area contributed by atoms with Crippen molar-refractivity contribution >= 4 is 50.7 Å². The molecule has 154 valence electrons. The van der Waals surface area contributed by atoms with E-state index in [1.807, 2.05) is 35.2 Å². The Bertz CT molecular complexity index is 1020. The molecule has 0 aromatic heterocycles. The van der Waals surface area contributed by atoms with Crippen molar-refractivity contribution in [3.8, 4) is 0 Å². The lowest BCUT2D eigenvalue weighted by Gasteiger charge is -2.28. The molecule has 2 fully saturated rings. The van der Waals surface area contributed by atoms with Gasteiger partial charge in [0.25, 0.3) is 5.91 Å². The average Bonchev–Trinajstić information content (AvgIpc) is 3.45. The van der Waals surface area contributed by atoms with Crippen molar-refractivity contribution in [2.24, 2.45) is 0 Å². The minimum Gasteiger partial charge on any atom is -0.332 e. The number of amides is 1. The summed E-state index contributed by atoms with van der Waals surface area (Å²) in [6.45, 7) is 0. The number of hydrogen-bond donors (Lipinski definition) is 0. The van der Waals surface area contributed by atoms with Crippen molar-refractivity contribution in [3.05, 3.63) is 63.6 Å².